The Morgan fingerprint density at radius 3 is 2.19 bits per heavy atom. The second-order valence-electron chi connectivity index (χ2n) is 2.95. The van der Waals surface area contributed by atoms with Gasteiger partial charge in [0, 0.05) is 10.0 Å². The lowest BCUT2D eigenvalue weighted by molar-refractivity contribution is 1.16. The Kier molecular flexibility index (Phi) is 3.85. The monoisotopic (exact) mass is 380 g/mol. The Labute approximate surface area is 119 Å². The molecule has 2 aromatic rings. The van der Waals surface area contributed by atoms with E-state index in [4.69, 9.17) is 23.2 Å². The molecule has 1 aromatic carbocycles. The highest BCUT2D eigenvalue weighted by atomic mass is 79.9. The van der Waals surface area contributed by atoms with Crippen molar-refractivity contribution in [3.05, 3.63) is 43.5 Å². The van der Waals surface area contributed by atoms with Crippen molar-refractivity contribution in [2.24, 2.45) is 0 Å². The summed E-state index contributed by atoms with van der Waals surface area (Å²) < 4.78 is 1.46. The summed E-state index contributed by atoms with van der Waals surface area (Å²) in [5.41, 5.74) is 0.852. The Morgan fingerprint density at radius 2 is 1.62 bits per heavy atom. The minimum Gasteiger partial charge on any atom is -0.215 e. The van der Waals surface area contributed by atoms with Crippen LogP contribution in [0, 0.1) is 0 Å². The van der Waals surface area contributed by atoms with Gasteiger partial charge in [-0.1, -0.05) is 51.3 Å². The maximum atomic E-state index is 5.91. The van der Waals surface area contributed by atoms with Gasteiger partial charge in [-0.25, -0.2) is 9.97 Å². The van der Waals surface area contributed by atoms with Crippen LogP contribution in [-0.4, -0.2) is 9.97 Å². The zero-order valence-corrected chi connectivity index (χ0v) is 12.4. The van der Waals surface area contributed by atoms with Gasteiger partial charge in [0.05, 0.1) is 4.47 Å². The summed E-state index contributed by atoms with van der Waals surface area (Å²) in [5.74, 6) is 0.500. The lowest BCUT2D eigenvalue weighted by Gasteiger charge is -2.04. The van der Waals surface area contributed by atoms with Crippen LogP contribution in [0.15, 0.2) is 33.2 Å². The van der Waals surface area contributed by atoms with Gasteiger partial charge in [-0.05, 0) is 28.1 Å². The molecule has 0 aliphatic rings. The Morgan fingerprint density at radius 1 is 1.00 bits per heavy atom. The van der Waals surface area contributed by atoms with Gasteiger partial charge in [-0.3, -0.25) is 0 Å². The van der Waals surface area contributed by atoms with Crippen molar-refractivity contribution in [2.45, 2.75) is 0 Å². The van der Waals surface area contributed by atoms with E-state index >= 15 is 0 Å². The van der Waals surface area contributed by atoms with E-state index in [1.807, 2.05) is 24.3 Å². The molecule has 0 unspecified atom stereocenters. The SMILES string of the molecule is Clc1nc(-c2cccc(Br)c2)nc(Cl)c1Br. The highest BCUT2D eigenvalue weighted by molar-refractivity contribution is 9.10. The van der Waals surface area contributed by atoms with Crippen molar-refractivity contribution in [1.82, 2.24) is 9.97 Å². The zero-order chi connectivity index (χ0) is 11.7. The minimum atomic E-state index is 0.301. The van der Waals surface area contributed by atoms with E-state index in [1.165, 1.54) is 0 Å². The fraction of sp³-hybridized carbons (Fsp3) is 0. The number of hydrogen-bond acceptors (Lipinski definition) is 2. The molecule has 0 aliphatic carbocycles. The van der Waals surface area contributed by atoms with Crippen molar-refractivity contribution in [3.8, 4) is 11.4 Å². The maximum Gasteiger partial charge on any atom is 0.162 e. The molecular formula is C10H4Br2Cl2N2. The molecule has 0 saturated carbocycles. The average Bonchev–Trinajstić information content (AvgIpc) is 2.25. The summed E-state index contributed by atoms with van der Waals surface area (Å²) >= 11 is 18.4. The Balaban J connectivity index is 2.57. The first-order valence-electron chi connectivity index (χ1n) is 4.22. The first kappa shape index (κ1) is 12.3. The van der Waals surface area contributed by atoms with Gasteiger partial charge in [0.1, 0.15) is 10.3 Å². The molecule has 6 heteroatoms. The molecule has 2 rings (SSSR count). The van der Waals surface area contributed by atoms with Crippen LogP contribution in [0.3, 0.4) is 0 Å². The molecule has 0 atom stereocenters. The predicted molar refractivity (Wildman–Crippen MR) is 72.9 cm³/mol. The maximum absolute atomic E-state index is 5.91. The molecule has 0 bridgehead atoms. The van der Waals surface area contributed by atoms with Crippen molar-refractivity contribution in [2.75, 3.05) is 0 Å². The summed E-state index contributed by atoms with van der Waals surface area (Å²) in [5, 5.41) is 0.602. The standard InChI is InChI=1S/C10H4Br2Cl2N2/c11-6-3-1-2-5(4-6)10-15-8(13)7(12)9(14)16-10/h1-4H. The molecular weight excluding hydrogens is 379 g/mol. The fourth-order valence-corrected chi connectivity index (χ4v) is 2.11. The van der Waals surface area contributed by atoms with Gasteiger partial charge in [0.2, 0.25) is 0 Å². The first-order valence-corrected chi connectivity index (χ1v) is 6.56. The van der Waals surface area contributed by atoms with E-state index in [1.54, 1.807) is 0 Å². The van der Waals surface area contributed by atoms with Gasteiger partial charge in [-0.2, -0.15) is 0 Å². The van der Waals surface area contributed by atoms with E-state index in [0.717, 1.165) is 10.0 Å². The normalized spacial score (nSPS) is 10.5. The average molecular weight is 383 g/mol. The Hall–Kier alpha value is -0.160. The summed E-state index contributed by atoms with van der Waals surface area (Å²) in [4.78, 5) is 8.29. The summed E-state index contributed by atoms with van der Waals surface area (Å²) in [6.45, 7) is 0. The molecule has 1 heterocycles. The largest absolute Gasteiger partial charge is 0.215 e. The zero-order valence-electron chi connectivity index (χ0n) is 7.72. The number of nitrogens with zero attached hydrogens (tertiary/aromatic N) is 2. The van der Waals surface area contributed by atoms with Gasteiger partial charge >= 0.3 is 0 Å². The van der Waals surface area contributed by atoms with Crippen LogP contribution in [0.25, 0.3) is 11.4 Å². The third-order valence-corrected chi connectivity index (χ3v) is 4.10. The van der Waals surface area contributed by atoms with Crippen LogP contribution in [0.2, 0.25) is 10.3 Å². The number of rotatable bonds is 1. The van der Waals surface area contributed by atoms with E-state index in [-0.39, 0.29) is 0 Å². The van der Waals surface area contributed by atoms with Gasteiger partial charge in [-0.15, -0.1) is 0 Å². The highest BCUT2D eigenvalue weighted by Gasteiger charge is 2.10. The quantitative estimate of drug-likeness (QED) is 0.650. The second-order valence-corrected chi connectivity index (χ2v) is 5.38. The van der Waals surface area contributed by atoms with Gasteiger partial charge in [0.25, 0.3) is 0 Å². The number of hydrogen-bond donors (Lipinski definition) is 0. The second kappa shape index (κ2) is 5.00. The van der Waals surface area contributed by atoms with Crippen LogP contribution >= 0.6 is 55.1 Å². The summed E-state index contributed by atoms with van der Waals surface area (Å²) in [6, 6.07) is 7.61. The molecule has 0 amide bonds. The molecule has 0 spiro atoms. The number of aromatic nitrogens is 2. The Bertz CT molecular complexity index is 523. The summed E-state index contributed by atoms with van der Waals surface area (Å²) in [6.07, 6.45) is 0. The third kappa shape index (κ3) is 2.56. The smallest absolute Gasteiger partial charge is 0.162 e. The topological polar surface area (TPSA) is 25.8 Å². The first-order chi connectivity index (χ1) is 7.58. The van der Waals surface area contributed by atoms with Crippen LogP contribution in [0.1, 0.15) is 0 Å². The molecule has 0 N–H and O–H groups in total. The molecule has 0 saturated heterocycles. The molecule has 0 radical (unpaired) electrons. The third-order valence-electron chi connectivity index (χ3n) is 1.85. The highest BCUT2D eigenvalue weighted by Crippen LogP contribution is 2.30. The molecule has 0 fully saturated rings. The van der Waals surface area contributed by atoms with Crippen molar-refractivity contribution >= 4 is 55.1 Å². The molecule has 0 aliphatic heterocycles. The van der Waals surface area contributed by atoms with Crippen LogP contribution in [-0.2, 0) is 0 Å². The molecule has 2 nitrogen and oxygen atoms in total. The van der Waals surface area contributed by atoms with Gasteiger partial charge in [0.15, 0.2) is 5.82 Å². The number of halogens is 4. The molecule has 16 heavy (non-hydrogen) atoms. The number of benzene rings is 1. The van der Waals surface area contributed by atoms with Crippen LogP contribution in [0.4, 0.5) is 0 Å². The van der Waals surface area contributed by atoms with E-state index in [2.05, 4.69) is 41.8 Å². The van der Waals surface area contributed by atoms with Crippen molar-refractivity contribution < 1.29 is 0 Å². The van der Waals surface area contributed by atoms with E-state index < -0.39 is 0 Å². The fourth-order valence-electron chi connectivity index (χ4n) is 1.15. The predicted octanol–water partition coefficient (Wildman–Crippen LogP) is 4.98. The minimum absolute atomic E-state index is 0.301. The summed E-state index contributed by atoms with van der Waals surface area (Å²) in [7, 11) is 0. The van der Waals surface area contributed by atoms with E-state index in [0.29, 0.717) is 20.6 Å². The van der Waals surface area contributed by atoms with E-state index in [9.17, 15) is 0 Å². The van der Waals surface area contributed by atoms with Crippen LogP contribution in [0.5, 0.6) is 0 Å². The van der Waals surface area contributed by atoms with Crippen LogP contribution < -0.4 is 0 Å². The lowest BCUT2D eigenvalue weighted by atomic mass is 10.2. The molecule has 1 aromatic heterocycles. The van der Waals surface area contributed by atoms with Crippen molar-refractivity contribution in [1.29, 1.82) is 0 Å². The van der Waals surface area contributed by atoms with Crippen molar-refractivity contribution in [3.63, 3.8) is 0 Å². The van der Waals surface area contributed by atoms with Gasteiger partial charge < -0.3 is 0 Å². The molecule has 82 valence electrons. The lowest BCUT2D eigenvalue weighted by Crippen LogP contribution is -1.91.